The normalized spacial score (nSPS) is 20.9. The standard InChI is InChI=1S/C28H27ClN2O4/c1-33-24-13-12-18(27(34-2)28(24)35-3)26-25-22(30-20-10-6-7-11-21(20)31-26)14-16(15-23(25)32)17-8-4-5-9-19(17)29/h4-14,16,25-26,30-31H,15H2,1-3H3. The highest BCUT2D eigenvalue weighted by molar-refractivity contribution is 6.31. The molecule has 0 amide bonds. The molecule has 3 unspecified atom stereocenters. The van der Waals surface area contributed by atoms with Gasteiger partial charge in [0.15, 0.2) is 11.5 Å². The Bertz CT molecular complexity index is 1310. The predicted molar refractivity (Wildman–Crippen MR) is 138 cm³/mol. The summed E-state index contributed by atoms with van der Waals surface area (Å²) >= 11 is 6.50. The third kappa shape index (κ3) is 4.08. The summed E-state index contributed by atoms with van der Waals surface area (Å²) in [4.78, 5) is 13.8. The average Bonchev–Trinajstić information content (AvgIpc) is 3.04. The van der Waals surface area contributed by atoms with E-state index in [-0.39, 0.29) is 11.7 Å². The van der Waals surface area contributed by atoms with Crippen LogP contribution in [0, 0.1) is 5.92 Å². The Morgan fingerprint density at radius 2 is 1.54 bits per heavy atom. The average molecular weight is 491 g/mol. The molecule has 3 aromatic rings. The van der Waals surface area contributed by atoms with Crippen molar-refractivity contribution < 1.29 is 19.0 Å². The second-order valence-corrected chi connectivity index (χ2v) is 9.02. The Morgan fingerprint density at radius 1 is 0.829 bits per heavy atom. The second kappa shape index (κ2) is 9.55. The first-order chi connectivity index (χ1) is 17.0. The van der Waals surface area contributed by atoms with Crippen molar-refractivity contribution in [2.24, 2.45) is 5.92 Å². The van der Waals surface area contributed by atoms with Crippen LogP contribution >= 0.6 is 11.6 Å². The van der Waals surface area contributed by atoms with Crippen LogP contribution in [0.5, 0.6) is 17.2 Å². The molecule has 1 heterocycles. The maximum absolute atomic E-state index is 13.8. The molecular formula is C28H27ClN2O4. The fourth-order valence-electron chi connectivity index (χ4n) is 5.11. The maximum Gasteiger partial charge on any atom is 0.203 e. The number of carbonyl (C=O) groups is 1. The molecular weight excluding hydrogens is 464 g/mol. The number of Topliss-reactive ketones (excluding diaryl/α,β-unsaturated/α-hetero) is 1. The van der Waals surface area contributed by atoms with Crippen molar-refractivity contribution >= 4 is 28.8 Å². The summed E-state index contributed by atoms with van der Waals surface area (Å²) in [5.41, 5.74) is 4.39. The maximum atomic E-state index is 13.8. The Morgan fingerprint density at radius 3 is 2.26 bits per heavy atom. The first-order valence-corrected chi connectivity index (χ1v) is 11.8. The van der Waals surface area contributed by atoms with Crippen molar-refractivity contribution in [3.8, 4) is 17.2 Å². The van der Waals surface area contributed by atoms with Gasteiger partial charge in [-0.15, -0.1) is 0 Å². The Kier molecular flexibility index (Phi) is 6.31. The quantitative estimate of drug-likeness (QED) is 0.443. The lowest BCUT2D eigenvalue weighted by Crippen LogP contribution is -2.34. The highest BCUT2D eigenvalue weighted by Crippen LogP contribution is 2.50. The van der Waals surface area contributed by atoms with Gasteiger partial charge in [0, 0.05) is 28.6 Å². The van der Waals surface area contributed by atoms with Crippen LogP contribution in [0.2, 0.25) is 5.02 Å². The van der Waals surface area contributed by atoms with Gasteiger partial charge >= 0.3 is 0 Å². The van der Waals surface area contributed by atoms with Crippen LogP contribution in [0.3, 0.4) is 0 Å². The molecule has 2 N–H and O–H groups in total. The molecule has 3 atom stereocenters. The van der Waals surface area contributed by atoms with Crippen LogP contribution in [-0.2, 0) is 4.79 Å². The van der Waals surface area contributed by atoms with Crippen molar-refractivity contribution in [2.45, 2.75) is 18.4 Å². The summed E-state index contributed by atoms with van der Waals surface area (Å²) in [6.07, 6.45) is 2.49. The molecule has 0 fully saturated rings. The summed E-state index contributed by atoms with van der Waals surface area (Å²) in [7, 11) is 4.75. The minimum absolute atomic E-state index is 0.113. The predicted octanol–water partition coefficient (Wildman–Crippen LogP) is 6.20. The monoisotopic (exact) mass is 490 g/mol. The molecule has 0 saturated carbocycles. The first-order valence-electron chi connectivity index (χ1n) is 11.5. The highest BCUT2D eigenvalue weighted by atomic mass is 35.5. The van der Waals surface area contributed by atoms with E-state index in [0.29, 0.717) is 28.7 Å². The van der Waals surface area contributed by atoms with Gasteiger partial charge in [-0.2, -0.15) is 0 Å². The van der Waals surface area contributed by atoms with Crippen molar-refractivity contribution in [1.29, 1.82) is 0 Å². The number of hydrogen-bond donors (Lipinski definition) is 2. The van der Waals surface area contributed by atoms with Crippen molar-refractivity contribution in [1.82, 2.24) is 0 Å². The van der Waals surface area contributed by atoms with Crippen molar-refractivity contribution in [3.05, 3.63) is 88.6 Å². The van der Waals surface area contributed by atoms with E-state index in [1.807, 2.05) is 60.7 Å². The summed E-state index contributed by atoms with van der Waals surface area (Å²) in [6.45, 7) is 0. The number of allylic oxidation sites excluding steroid dienone is 1. The molecule has 0 aromatic heterocycles. The lowest BCUT2D eigenvalue weighted by molar-refractivity contribution is -0.122. The van der Waals surface area contributed by atoms with Crippen LogP contribution in [0.15, 0.2) is 72.4 Å². The molecule has 7 heteroatoms. The number of para-hydroxylation sites is 2. The van der Waals surface area contributed by atoms with Crippen LogP contribution in [0.25, 0.3) is 0 Å². The summed E-state index contributed by atoms with van der Waals surface area (Å²) < 4.78 is 16.9. The number of fused-ring (bicyclic) bond motifs is 2. The van der Waals surface area contributed by atoms with Gasteiger partial charge < -0.3 is 24.8 Å². The Labute approximate surface area is 209 Å². The van der Waals surface area contributed by atoms with Crippen LogP contribution < -0.4 is 24.8 Å². The molecule has 1 aliphatic heterocycles. The van der Waals surface area contributed by atoms with E-state index in [1.54, 1.807) is 21.3 Å². The molecule has 2 aliphatic rings. The molecule has 0 bridgehead atoms. The lowest BCUT2D eigenvalue weighted by Gasteiger charge is -2.33. The number of ether oxygens (including phenoxy) is 3. The fraction of sp³-hybridized carbons (Fsp3) is 0.250. The fourth-order valence-corrected chi connectivity index (χ4v) is 5.38. The smallest absolute Gasteiger partial charge is 0.203 e. The molecule has 0 radical (unpaired) electrons. The number of carbonyl (C=O) groups excluding carboxylic acids is 1. The largest absolute Gasteiger partial charge is 0.493 e. The Hall–Kier alpha value is -3.64. The third-order valence-electron chi connectivity index (χ3n) is 6.71. The number of rotatable bonds is 5. The minimum atomic E-state index is -0.465. The van der Waals surface area contributed by atoms with Gasteiger partial charge in [0.2, 0.25) is 5.75 Å². The van der Waals surface area contributed by atoms with Gasteiger partial charge in [-0.3, -0.25) is 4.79 Å². The van der Waals surface area contributed by atoms with Crippen molar-refractivity contribution in [3.63, 3.8) is 0 Å². The van der Waals surface area contributed by atoms with Crippen LogP contribution in [0.4, 0.5) is 11.4 Å². The minimum Gasteiger partial charge on any atom is -0.493 e. The molecule has 0 spiro atoms. The van der Waals surface area contributed by atoms with E-state index < -0.39 is 12.0 Å². The number of hydrogen-bond acceptors (Lipinski definition) is 6. The molecule has 6 nitrogen and oxygen atoms in total. The number of nitrogens with one attached hydrogen (secondary N) is 2. The zero-order chi connectivity index (χ0) is 24.5. The molecule has 3 aromatic carbocycles. The lowest BCUT2D eigenvalue weighted by atomic mass is 9.76. The zero-order valence-corrected chi connectivity index (χ0v) is 20.6. The van der Waals surface area contributed by atoms with Gasteiger partial charge in [-0.1, -0.05) is 48.0 Å². The third-order valence-corrected chi connectivity index (χ3v) is 7.05. The second-order valence-electron chi connectivity index (χ2n) is 8.61. The van der Waals surface area contributed by atoms with E-state index in [2.05, 4.69) is 16.7 Å². The summed E-state index contributed by atoms with van der Waals surface area (Å²) in [5, 5.41) is 7.80. The van der Waals surface area contributed by atoms with Gasteiger partial charge in [-0.25, -0.2) is 0 Å². The molecule has 35 heavy (non-hydrogen) atoms. The van der Waals surface area contributed by atoms with Gasteiger partial charge in [0.05, 0.1) is 44.7 Å². The van der Waals surface area contributed by atoms with Gasteiger partial charge in [-0.05, 0) is 35.9 Å². The van der Waals surface area contributed by atoms with E-state index >= 15 is 0 Å². The number of methoxy groups -OCH3 is 3. The van der Waals surface area contributed by atoms with Gasteiger partial charge in [0.1, 0.15) is 5.78 Å². The number of benzene rings is 3. The number of anilines is 2. The highest BCUT2D eigenvalue weighted by Gasteiger charge is 2.41. The van der Waals surface area contributed by atoms with E-state index in [4.69, 9.17) is 25.8 Å². The van der Waals surface area contributed by atoms with E-state index in [0.717, 1.165) is 28.2 Å². The molecule has 0 saturated heterocycles. The summed E-state index contributed by atoms with van der Waals surface area (Å²) in [6, 6.07) is 19.0. The van der Waals surface area contributed by atoms with E-state index in [9.17, 15) is 4.79 Å². The van der Waals surface area contributed by atoms with Crippen molar-refractivity contribution in [2.75, 3.05) is 32.0 Å². The Balaban J connectivity index is 1.68. The topological polar surface area (TPSA) is 68.8 Å². The molecule has 1 aliphatic carbocycles. The molecule has 180 valence electrons. The number of ketones is 1. The van der Waals surface area contributed by atoms with Crippen LogP contribution in [-0.4, -0.2) is 27.1 Å². The first kappa shape index (κ1) is 23.1. The molecule has 5 rings (SSSR count). The summed E-state index contributed by atoms with van der Waals surface area (Å²) in [5.74, 6) is 1.11. The van der Waals surface area contributed by atoms with Crippen LogP contribution in [0.1, 0.15) is 29.5 Å². The van der Waals surface area contributed by atoms with E-state index in [1.165, 1.54) is 0 Å². The SMILES string of the molecule is COc1ccc(C2Nc3ccccc3NC3=CC(c4ccccc4Cl)CC(=O)C32)c(OC)c1OC. The number of halogens is 1. The van der Waals surface area contributed by atoms with Gasteiger partial charge in [0.25, 0.3) is 0 Å². The zero-order valence-electron chi connectivity index (χ0n) is 19.8.